The maximum atomic E-state index is 5.45. The Balaban J connectivity index is 2.40. The van der Waals surface area contributed by atoms with Gasteiger partial charge in [-0.2, -0.15) is 0 Å². The summed E-state index contributed by atoms with van der Waals surface area (Å²) in [6.07, 6.45) is 4.47. The van der Waals surface area contributed by atoms with Crippen LogP contribution in [0.25, 0.3) is 0 Å². The fraction of sp³-hybridized carbons (Fsp3) is 0.750. The molecule has 0 spiro atoms. The molecule has 2 heteroatoms. The number of nitrogens with one attached hydrogen (secondary N) is 1. The van der Waals surface area contributed by atoms with Crippen molar-refractivity contribution in [2.24, 2.45) is 0 Å². The minimum absolute atomic E-state index is 0.324. The van der Waals surface area contributed by atoms with Crippen molar-refractivity contribution in [3.8, 4) is 0 Å². The summed E-state index contributed by atoms with van der Waals surface area (Å²) in [5, 5.41) is 3.32. The van der Waals surface area contributed by atoms with Gasteiger partial charge in [0.2, 0.25) is 0 Å². The van der Waals surface area contributed by atoms with E-state index in [0.717, 1.165) is 13.2 Å². The van der Waals surface area contributed by atoms with Gasteiger partial charge in [0.15, 0.2) is 0 Å². The lowest BCUT2D eigenvalue weighted by atomic mass is 10.2. The van der Waals surface area contributed by atoms with Crippen molar-refractivity contribution in [2.45, 2.75) is 26.0 Å². The van der Waals surface area contributed by atoms with Crippen LogP contribution in [0, 0.1) is 0 Å². The van der Waals surface area contributed by atoms with E-state index >= 15 is 0 Å². The Morgan fingerprint density at radius 2 is 2.20 bits per heavy atom. The van der Waals surface area contributed by atoms with Crippen LogP contribution in [-0.2, 0) is 4.74 Å². The maximum Gasteiger partial charge on any atom is 0.0701 e. The molecular weight excluding hydrogens is 126 g/mol. The van der Waals surface area contributed by atoms with Gasteiger partial charge in [0.05, 0.1) is 12.7 Å². The molecule has 0 aromatic heterocycles. The Kier molecular flexibility index (Phi) is 2.90. The van der Waals surface area contributed by atoms with E-state index in [-0.39, 0.29) is 0 Å². The third-order valence-corrected chi connectivity index (χ3v) is 1.88. The largest absolute Gasteiger partial charge is 0.373 e. The second kappa shape index (κ2) is 3.74. The quantitative estimate of drug-likeness (QED) is 0.507. The second-order valence-corrected chi connectivity index (χ2v) is 2.71. The minimum Gasteiger partial charge on any atom is -0.373 e. The summed E-state index contributed by atoms with van der Waals surface area (Å²) < 4.78 is 5.45. The average molecular weight is 141 g/mol. The zero-order valence-electron chi connectivity index (χ0n) is 6.63. The van der Waals surface area contributed by atoms with Gasteiger partial charge in [0, 0.05) is 12.6 Å². The lowest BCUT2D eigenvalue weighted by Crippen LogP contribution is -2.38. The molecule has 1 N–H and O–H groups in total. The molecule has 1 rings (SSSR count). The minimum atomic E-state index is 0.324. The van der Waals surface area contributed by atoms with E-state index in [1.165, 1.54) is 0 Å². The van der Waals surface area contributed by atoms with Crippen LogP contribution in [-0.4, -0.2) is 25.3 Å². The Bertz CT molecular complexity index is 108. The molecule has 0 fully saturated rings. The van der Waals surface area contributed by atoms with Crippen molar-refractivity contribution in [1.29, 1.82) is 0 Å². The smallest absolute Gasteiger partial charge is 0.0701 e. The topological polar surface area (TPSA) is 21.3 Å². The van der Waals surface area contributed by atoms with Crippen LogP contribution in [0.5, 0.6) is 0 Å². The molecule has 0 amide bonds. The van der Waals surface area contributed by atoms with E-state index in [4.69, 9.17) is 4.74 Å². The number of ether oxygens (including phenoxy) is 1. The maximum absolute atomic E-state index is 5.45. The molecule has 2 atom stereocenters. The van der Waals surface area contributed by atoms with Crippen LogP contribution in [0.3, 0.4) is 0 Å². The molecule has 2 nitrogen and oxygen atoms in total. The molecule has 0 aromatic rings. The van der Waals surface area contributed by atoms with E-state index in [1.807, 2.05) is 0 Å². The summed E-state index contributed by atoms with van der Waals surface area (Å²) in [6.45, 7) is 5.96. The zero-order chi connectivity index (χ0) is 7.40. The average Bonchev–Trinajstić information content (AvgIpc) is 1.92. The summed E-state index contributed by atoms with van der Waals surface area (Å²) in [5.74, 6) is 0. The van der Waals surface area contributed by atoms with Crippen molar-refractivity contribution in [3.63, 3.8) is 0 Å². The fourth-order valence-electron chi connectivity index (χ4n) is 0.923. The molecule has 10 heavy (non-hydrogen) atoms. The van der Waals surface area contributed by atoms with Crippen molar-refractivity contribution in [1.82, 2.24) is 5.32 Å². The second-order valence-electron chi connectivity index (χ2n) is 2.71. The number of hydrogen-bond acceptors (Lipinski definition) is 2. The van der Waals surface area contributed by atoms with Crippen molar-refractivity contribution in [2.75, 3.05) is 13.2 Å². The van der Waals surface area contributed by atoms with Gasteiger partial charge in [-0.15, -0.1) is 0 Å². The molecule has 0 saturated carbocycles. The van der Waals surface area contributed by atoms with E-state index in [9.17, 15) is 0 Å². The van der Waals surface area contributed by atoms with E-state index < -0.39 is 0 Å². The van der Waals surface area contributed by atoms with Crippen LogP contribution < -0.4 is 5.32 Å². The lowest BCUT2D eigenvalue weighted by Gasteiger charge is -2.22. The summed E-state index contributed by atoms with van der Waals surface area (Å²) in [6, 6.07) is 0.463. The Hall–Kier alpha value is -0.340. The Morgan fingerprint density at radius 1 is 1.40 bits per heavy atom. The predicted octanol–water partition coefficient (Wildman–Crippen LogP) is 0.939. The van der Waals surface area contributed by atoms with Gasteiger partial charge in [-0.3, -0.25) is 0 Å². The highest BCUT2D eigenvalue weighted by atomic mass is 16.5. The van der Waals surface area contributed by atoms with Gasteiger partial charge in [0.25, 0.3) is 0 Å². The zero-order valence-corrected chi connectivity index (χ0v) is 6.63. The van der Waals surface area contributed by atoms with E-state index in [0.29, 0.717) is 12.1 Å². The summed E-state index contributed by atoms with van der Waals surface area (Å²) in [5.41, 5.74) is 0. The molecule has 1 aliphatic heterocycles. The van der Waals surface area contributed by atoms with Gasteiger partial charge >= 0.3 is 0 Å². The Labute approximate surface area is 62.3 Å². The number of rotatable bonds is 0. The molecule has 0 aliphatic carbocycles. The first-order chi connectivity index (χ1) is 4.80. The molecule has 0 radical (unpaired) electrons. The van der Waals surface area contributed by atoms with E-state index in [2.05, 4.69) is 31.3 Å². The third kappa shape index (κ3) is 2.12. The van der Waals surface area contributed by atoms with Crippen LogP contribution in [0.15, 0.2) is 12.2 Å². The lowest BCUT2D eigenvalue weighted by molar-refractivity contribution is 0.0612. The van der Waals surface area contributed by atoms with Crippen LogP contribution in [0.2, 0.25) is 0 Å². The van der Waals surface area contributed by atoms with Crippen molar-refractivity contribution >= 4 is 0 Å². The van der Waals surface area contributed by atoms with Gasteiger partial charge in [0.1, 0.15) is 0 Å². The molecule has 0 saturated heterocycles. The van der Waals surface area contributed by atoms with Crippen LogP contribution in [0.4, 0.5) is 0 Å². The number of hydrogen-bond donors (Lipinski definition) is 1. The highest BCUT2D eigenvalue weighted by Gasteiger charge is 2.11. The SMILES string of the molecule is CC1NC/C=C\COC1C. The predicted molar refractivity (Wildman–Crippen MR) is 42.0 cm³/mol. The molecule has 1 aliphatic rings. The van der Waals surface area contributed by atoms with Gasteiger partial charge in [-0.1, -0.05) is 12.2 Å². The first kappa shape index (κ1) is 7.76. The highest BCUT2D eigenvalue weighted by Crippen LogP contribution is 1.99. The molecule has 0 aromatic carbocycles. The van der Waals surface area contributed by atoms with Gasteiger partial charge < -0.3 is 10.1 Å². The molecular formula is C8H15NO. The first-order valence-corrected chi connectivity index (χ1v) is 3.80. The van der Waals surface area contributed by atoms with E-state index in [1.54, 1.807) is 0 Å². The summed E-state index contributed by atoms with van der Waals surface area (Å²) >= 11 is 0. The van der Waals surface area contributed by atoms with Gasteiger partial charge in [-0.05, 0) is 13.8 Å². The summed E-state index contributed by atoms with van der Waals surface area (Å²) in [7, 11) is 0. The molecule has 58 valence electrons. The van der Waals surface area contributed by atoms with Crippen LogP contribution >= 0.6 is 0 Å². The van der Waals surface area contributed by atoms with Gasteiger partial charge in [-0.25, -0.2) is 0 Å². The molecule has 1 heterocycles. The highest BCUT2D eigenvalue weighted by molar-refractivity contribution is 4.88. The first-order valence-electron chi connectivity index (χ1n) is 3.80. The Morgan fingerprint density at radius 3 is 3.00 bits per heavy atom. The van der Waals surface area contributed by atoms with Crippen LogP contribution in [0.1, 0.15) is 13.8 Å². The molecule has 0 bridgehead atoms. The van der Waals surface area contributed by atoms with Crippen molar-refractivity contribution in [3.05, 3.63) is 12.2 Å². The summed E-state index contributed by atoms with van der Waals surface area (Å²) in [4.78, 5) is 0. The van der Waals surface area contributed by atoms with Crippen molar-refractivity contribution < 1.29 is 4.74 Å². The third-order valence-electron chi connectivity index (χ3n) is 1.88. The monoisotopic (exact) mass is 141 g/mol. The fourth-order valence-corrected chi connectivity index (χ4v) is 0.923. The molecule has 2 unspecified atom stereocenters. The normalized spacial score (nSPS) is 38.2. The standard InChI is InChI=1S/C8H15NO/c1-7-8(2)10-6-4-3-5-9-7/h3-4,7-9H,5-6H2,1-2H3/b4-3-.